The molecule has 0 amide bonds. The first-order valence-corrected chi connectivity index (χ1v) is 4.41. The Kier molecular flexibility index (Phi) is 3.12. The van der Waals surface area contributed by atoms with E-state index < -0.39 is 0 Å². The molecule has 1 aromatic carbocycles. The maximum absolute atomic E-state index is 11.0. The van der Waals surface area contributed by atoms with E-state index in [1.807, 2.05) is 19.9 Å². The second-order valence-electron chi connectivity index (χ2n) is 3.27. The number of phenols is 1. The Morgan fingerprint density at radius 1 is 1.43 bits per heavy atom. The van der Waals surface area contributed by atoms with Gasteiger partial charge in [0.1, 0.15) is 5.75 Å². The lowest BCUT2D eigenvalue weighted by molar-refractivity contribution is -0.139. The average Bonchev–Trinajstić information content (AvgIpc) is 2.19. The number of aromatic hydroxyl groups is 1. The van der Waals surface area contributed by atoms with Crippen molar-refractivity contribution < 1.29 is 14.6 Å². The molecule has 0 saturated heterocycles. The monoisotopic (exact) mass is 194 g/mol. The van der Waals surface area contributed by atoms with Gasteiger partial charge in [0, 0.05) is 5.56 Å². The number of benzene rings is 1. The second kappa shape index (κ2) is 4.13. The van der Waals surface area contributed by atoms with Gasteiger partial charge in [-0.2, -0.15) is 0 Å². The highest BCUT2D eigenvalue weighted by molar-refractivity contribution is 5.73. The molecular formula is C11H14O3. The quantitative estimate of drug-likeness (QED) is 0.729. The first-order valence-electron chi connectivity index (χ1n) is 4.41. The summed E-state index contributed by atoms with van der Waals surface area (Å²) in [5.41, 5.74) is 2.43. The van der Waals surface area contributed by atoms with Gasteiger partial charge in [0.05, 0.1) is 13.5 Å². The highest BCUT2D eigenvalue weighted by Gasteiger charge is 2.10. The maximum atomic E-state index is 11.0. The number of hydrogen-bond acceptors (Lipinski definition) is 3. The molecule has 0 aliphatic heterocycles. The van der Waals surface area contributed by atoms with Gasteiger partial charge in [0.2, 0.25) is 0 Å². The number of carbonyl (C=O) groups excluding carboxylic acids is 1. The fourth-order valence-electron chi connectivity index (χ4n) is 1.23. The van der Waals surface area contributed by atoms with Gasteiger partial charge < -0.3 is 9.84 Å². The smallest absolute Gasteiger partial charge is 0.310 e. The lowest BCUT2D eigenvalue weighted by Gasteiger charge is -2.08. The molecule has 3 nitrogen and oxygen atoms in total. The topological polar surface area (TPSA) is 46.5 Å². The number of aryl methyl sites for hydroxylation is 1. The summed E-state index contributed by atoms with van der Waals surface area (Å²) in [6.45, 7) is 3.74. The molecule has 76 valence electrons. The molecule has 0 aliphatic rings. The Hall–Kier alpha value is -1.51. The third-order valence-electron chi connectivity index (χ3n) is 2.35. The van der Waals surface area contributed by atoms with Gasteiger partial charge >= 0.3 is 5.97 Å². The van der Waals surface area contributed by atoms with Crippen LogP contribution in [0.4, 0.5) is 0 Å². The van der Waals surface area contributed by atoms with E-state index in [-0.39, 0.29) is 18.1 Å². The Labute approximate surface area is 83.3 Å². The van der Waals surface area contributed by atoms with Gasteiger partial charge in [-0.3, -0.25) is 4.79 Å². The molecule has 0 radical (unpaired) electrons. The van der Waals surface area contributed by atoms with Crippen LogP contribution in [-0.2, 0) is 16.0 Å². The molecule has 1 N–H and O–H groups in total. The van der Waals surface area contributed by atoms with E-state index in [0.717, 1.165) is 11.1 Å². The minimum Gasteiger partial charge on any atom is -0.507 e. The van der Waals surface area contributed by atoms with Crippen LogP contribution in [-0.4, -0.2) is 18.2 Å². The molecular weight excluding hydrogens is 180 g/mol. The molecule has 0 atom stereocenters. The van der Waals surface area contributed by atoms with E-state index in [4.69, 9.17) is 0 Å². The van der Waals surface area contributed by atoms with Crippen molar-refractivity contribution in [2.24, 2.45) is 0 Å². The predicted octanol–water partition coefficient (Wildman–Crippen LogP) is 1.72. The zero-order valence-corrected chi connectivity index (χ0v) is 8.63. The predicted molar refractivity (Wildman–Crippen MR) is 53.3 cm³/mol. The Morgan fingerprint density at radius 2 is 2.07 bits per heavy atom. The fourth-order valence-corrected chi connectivity index (χ4v) is 1.23. The third-order valence-corrected chi connectivity index (χ3v) is 2.35. The summed E-state index contributed by atoms with van der Waals surface area (Å²) in [6, 6.07) is 3.63. The molecule has 0 spiro atoms. The summed E-state index contributed by atoms with van der Waals surface area (Å²) in [6.07, 6.45) is 0.115. The average molecular weight is 194 g/mol. The van der Waals surface area contributed by atoms with E-state index >= 15 is 0 Å². The van der Waals surface area contributed by atoms with Crippen LogP contribution < -0.4 is 0 Å². The van der Waals surface area contributed by atoms with Crippen LogP contribution in [0.3, 0.4) is 0 Å². The Morgan fingerprint density at radius 3 is 2.64 bits per heavy atom. The van der Waals surface area contributed by atoms with E-state index in [1.165, 1.54) is 7.11 Å². The minimum atomic E-state index is -0.344. The summed E-state index contributed by atoms with van der Waals surface area (Å²) in [4.78, 5) is 11.0. The lowest BCUT2D eigenvalue weighted by Crippen LogP contribution is -2.05. The number of hydrogen-bond donors (Lipinski definition) is 1. The molecule has 1 aromatic rings. The number of phenolic OH excluding ortho intramolecular Hbond substituents is 1. The van der Waals surface area contributed by atoms with Gasteiger partial charge in [0.25, 0.3) is 0 Å². The molecule has 0 fully saturated rings. The molecule has 0 aromatic heterocycles. The van der Waals surface area contributed by atoms with Crippen molar-refractivity contribution in [2.45, 2.75) is 20.3 Å². The van der Waals surface area contributed by atoms with Crippen molar-refractivity contribution in [3.05, 3.63) is 28.8 Å². The zero-order chi connectivity index (χ0) is 10.7. The number of methoxy groups -OCH3 is 1. The largest absolute Gasteiger partial charge is 0.507 e. The summed E-state index contributed by atoms with van der Waals surface area (Å²) in [5.74, 6) is -0.154. The summed E-state index contributed by atoms with van der Waals surface area (Å²) < 4.78 is 4.53. The van der Waals surface area contributed by atoms with Crippen molar-refractivity contribution in [3.63, 3.8) is 0 Å². The zero-order valence-electron chi connectivity index (χ0n) is 8.63. The SMILES string of the molecule is COC(=O)Cc1ccc(C)c(C)c1O. The maximum Gasteiger partial charge on any atom is 0.310 e. The van der Waals surface area contributed by atoms with Gasteiger partial charge in [-0.25, -0.2) is 0 Å². The van der Waals surface area contributed by atoms with Crippen LogP contribution in [0.25, 0.3) is 0 Å². The summed E-state index contributed by atoms with van der Waals surface area (Å²) in [5, 5.41) is 9.72. The highest BCUT2D eigenvalue weighted by Crippen LogP contribution is 2.25. The van der Waals surface area contributed by atoms with Crippen molar-refractivity contribution in [1.82, 2.24) is 0 Å². The fraction of sp³-hybridized carbons (Fsp3) is 0.364. The Bertz CT molecular complexity index is 356. The van der Waals surface area contributed by atoms with Crippen molar-refractivity contribution in [1.29, 1.82) is 0 Å². The lowest BCUT2D eigenvalue weighted by atomic mass is 10.0. The van der Waals surface area contributed by atoms with Crippen LogP contribution in [0.1, 0.15) is 16.7 Å². The molecule has 3 heteroatoms. The number of ether oxygens (including phenoxy) is 1. The van der Waals surface area contributed by atoms with Gasteiger partial charge in [-0.15, -0.1) is 0 Å². The van der Waals surface area contributed by atoms with Gasteiger partial charge in [-0.1, -0.05) is 12.1 Å². The highest BCUT2D eigenvalue weighted by atomic mass is 16.5. The van der Waals surface area contributed by atoms with E-state index in [1.54, 1.807) is 6.07 Å². The number of esters is 1. The summed E-state index contributed by atoms with van der Waals surface area (Å²) >= 11 is 0. The first-order chi connectivity index (χ1) is 6.56. The standard InChI is InChI=1S/C11H14O3/c1-7-4-5-9(6-10(12)14-3)11(13)8(7)2/h4-5,13H,6H2,1-3H3. The molecule has 1 rings (SSSR count). The normalized spacial score (nSPS) is 9.93. The number of carbonyl (C=O) groups is 1. The van der Waals surface area contributed by atoms with Crippen LogP contribution in [0.15, 0.2) is 12.1 Å². The van der Waals surface area contributed by atoms with Crippen molar-refractivity contribution in [3.8, 4) is 5.75 Å². The molecule has 0 unspecified atom stereocenters. The van der Waals surface area contributed by atoms with Gasteiger partial charge in [0.15, 0.2) is 0 Å². The molecule has 0 aliphatic carbocycles. The van der Waals surface area contributed by atoms with Crippen LogP contribution in [0.5, 0.6) is 5.75 Å². The Balaban J connectivity index is 3.00. The van der Waals surface area contributed by atoms with E-state index in [2.05, 4.69) is 4.74 Å². The van der Waals surface area contributed by atoms with E-state index in [9.17, 15) is 9.90 Å². The van der Waals surface area contributed by atoms with Gasteiger partial charge in [-0.05, 0) is 25.0 Å². The number of rotatable bonds is 2. The molecule has 0 saturated carbocycles. The van der Waals surface area contributed by atoms with Crippen LogP contribution in [0, 0.1) is 13.8 Å². The third kappa shape index (κ3) is 2.05. The van der Waals surface area contributed by atoms with E-state index in [0.29, 0.717) is 5.56 Å². The molecule has 14 heavy (non-hydrogen) atoms. The van der Waals surface area contributed by atoms with Crippen LogP contribution >= 0.6 is 0 Å². The van der Waals surface area contributed by atoms with Crippen molar-refractivity contribution in [2.75, 3.05) is 7.11 Å². The molecule has 0 bridgehead atoms. The second-order valence-corrected chi connectivity index (χ2v) is 3.27. The van der Waals surface area contributed by atoms with Crippen LogP contribution in [0.2, 0.25) is 0 Å². The summed E-state index contributed by atoms with van der Waals surface area (Å²) in [7, 11) is 1.33. The first kappa shape index (κ1) is 10.6. The molecule has 0 heterocycles. The van der Waals surface area contributed by atoms with Crippen molar-refractivity contribution >= 4 is 5.97 Å². The minimum absolute atomic E-state index is 0.115.